The van der Waals surface area contributed by atoms with Crippen molar-refractivity contribution in [3.05, 3.63) is 30.3 Å². The number of benzene rings is 1. The lowest BCUT2D eigenvalue weighted by atomic mass is 10.2. The molecule has 4 nitrogen and oxygen atoms in total. The zero-order valence-electron chi connectivity index (χ0n) is 8.75. The minimum atomic E-state index is -1.60. The van der Waals surface area contributed by atoms with Gasteiger partial charge in [-0.3, -0.25) is 13.8 Å². The quantitative estimate of drug-likeness (QED) is 0.840. The summed E-state index contributed by atoms with van der Waals surface area (Å²) < 4.78 is 11.9. The summed E-state index contributed by atoms with van der Waals surface area (Å²) >= 11 is 0. The summed E-state index contributed by atoms with van der Waals surface area (Å²) in [6.45, 7) is 1.26. The van der Waals surface area contributed by atoms with Gasteiger partial charge in [-0.1, -0.05) is 18.2 Å². The molecular formula is C11H12O4S. The van der Waals surface area contributed by atoms with Gasteiger partial charge in [0.2, 0.25) is 0 Å². The maximum Gasteiger partial charge on any atom is 0.305 e. The Morgan fingerprint density at radius 2 is 1.88 bits per heavy atom. The highest BCUT2D eigenvalue weighted by Gasteiger charge is 2.25. The average Bonchev–Trinajstić information content (AvgIpc) is 2.25. The van der Waals surface area contributed by atoms with Gasteiger partial charge in [-0.25, -0.2) is 0 Å². The molecule has 1 aromatic carbocycles. The van der Waals surface area contributed by atoms with Crippen molar-refractivity contribution >= 4 is 22.6 Å². The fraction of sp³-hybridized carbons (Fsp3) is 0.273. The highest BCUT2D eigenvalue weighted by molar-refractivity contribution is 7.86. The smallest absolute Gasteiger partial charge is 0.305 e. The van der Waals surface area contributed by atoms with Gasteiger partial charge in [-0.15, -0.1) is 0 Å². The lowest BCUT2D eigenvalue weighted by Crippen LogP contribution is -2.26. The van der Waals surface area contributed by atoms with Crippen molar-refractivity contribution in [2.24, 2.45) is 0 Å². The number of Topliss-reactive ketones (excluding diaryl/α,β-unsaturated/α-hetero) is 1. The topological polar surface area (TPSA) is 71.4 Å². The lowest BCUT2D eigenvalue weighted by molar-refractivity contribution is -0.138. The van der Waals surface area contributed by atoms with Crippen molar-refractivity contribution in [1.82, 2.24) is 0 Å². The normalized spacial score (nSPS) is 14.1. The van der Waals surface area contributed by atoms with Crippen molar-refractivity contribution in [3.63, 3.8) is 0 Å². The van der Waals surface area contributed by atoms with E-state index in [0.29, 0.717) is 4.90 Å². The number of aliphatic carboxylic acids is 1. The van der Waals surface area contributed by atoms with E-state index in [9.17, 15) is 13.8 Å². The summed E-state index contributed by atoms with van der Waals surface area (Å²) in [4.78, 5) is 22.3. The van der Waals surface area contributed by atoms with Gasteiger partial charge in [-0.05, 0) is 19.1 Å². The average molecular weight is 240 g/mol. The van der Waals surface area contributed by atoms with Crippen LogP contribution in [0.5, 0.6) is 0 Å². The van der Waals surface area contributed by atoms with Crippen molar-refractivity contribution in [2.45, 2.75) is 23.5 Å². The van der Waals surface area contributed by atoms with Gasteiger partial charge in [0.25, 0.3) is 0 Å². The monoisotopic (exact) mass is 240 g/mol. The van der Waals surface area contributed by atoms with Gasteiger partial charge in [-0.2, -0.15) is 0 Å². The highest BCUT2D eigenvalue weighted by Crippen LogP contribution is 2.14. The van der Waals surface area contributed by atoms with Gasteiger partial charge in [0, 0.05) is 4.90 Å². The summed E-state index contributed by atoms with van der Waals surface area (Å²) in [6.07, 6.45) is -0.406. The molecule has 86 valence electrons. The van der Waals surface area contributed by atoms with E-state index in [1.165, 1.54) is 6.92 Å². The third kappa shape index (κ3) is 3.27. The molecule has 0 aliphatic rings. The Morgan fingerprint density at radius 1 is 1.31 bits per heavy atom. The predicted molar refractivity (Wildman–Crippen MR) is 59.6 cm³/mol. The lowest BCUT2D eigenvalue weighted by Gasteiger charge is -2.10. The standard InChI is InChI=1S/C11H12O4S/c1-8(12)10(7-11(13)14)16(15)9-5-3-2-4-6-9/h2-6,10H,7H2,1H3,(H,13,14). The Bertz CT molecular complexity index is 413. The number of carbonyl (C=O) groups is 2. The zero-order chi connectivity index (χ0) is 12.1. The van der Waals surface area contributed by atoms with Gasteiger partial charge in [0.05, 0.1) is 17.2 Å². The zero-order valence-corrected chi connectivity index (χ0v) is 9.57. The summed E-state index contributed by atoms with van der Waals surface area (Å²) in [5.74, 6) is -1.49. The molecule has 0 aliphatic carbocycles. The first-order chi connectivity index (χ1) is 7.52. The molecule has 2 atom stereocenters. The van der Waals surface area contributed by atoms with Crippen LogP contribution in [0.4, 0.5) is 0 Å². The largest absolute Gasteiger partial charge is 0.481 e. The van der Waals surface area contributed by atoms with E-state index < -0.39 is 28.4 Å². The molecule has 0 spiro atoms. The van der Waals surface area contributed by atoms with Gasteiger partial charge >= 0.3 is 5.97 Å². The van der Waals surface area contributed by atoms with E-state index in [1.807, 2.05) is 0 Å². The molecule has 0 fully saturated rings. The first-order valence-corrected chi connectivity index (χ1v) is 5.91. The molecule has 0 amide bonds. The van der Waals surface area contributed by atoms with Crippen LogP contribution in [0, 0.1) is 0 Å². The van der Waals surface area contributed by atoms with Crippen LogP contribution in [0.3, 0.4) is 0 Å². The summed E-state index contributed by atoms with van der Waals surface area (Å²) in [5.41, 5.74) is 0. The number of carbonyl (C=O) groups excluding carboxylic acids is 1. The highest BCUT2D eigenvalue weighted by atomic mass is 32.2. The molecule has 0 heterocycles. The van der Waals surface area contributed by atoms with Crippen molar-refractivity contribution < 1.29 is 18.9 Å². The SMILES string of the molecule is CC(=O)C(CC(=O)O)S(=O)c1ccccc1. The number of hydrogen-bond acceptors (Lipinski definition) is 3. The van der Waals surface area contributed by atoms with Gasteiger partial charge < -0.3 is 5.11 Å². The second-order valence-corrected chi connectivity index (χ2v) is 4.94. The molecular weight excluding hydrogens is 228 g/mol. The van der Waals surface area contributed by atoms with E-state index in [2.05, 4.69) is 0 Å². The second kappa shape index (κ2) is 5.55. The van der Waals surface area contributed by atoms with Crippen molar-refractivity contribution in [3.8, 4) is 0 Å². The van der Waals surface area contributed by atoms with Crippen LogP contribution in [0.2, 0.25) is 0 Å². The molecule has 0 saturated heterocycles. The first-order valence-electron chi connectivity index (χ1n) is 4.70. The fourth-order valence-corrected chi connectivity index (χ4v) is 2.60. The number of hydrogen-bond donors (Lipinski definition) is 1. The summed E-state index contributed by atoms with van der Waals surface area (Å²) in [6, 6.07) is 8.40. The molecule has 5 heteroatoms. The van der Waals surface area contributed by atoms with Crippen molar-refractivity contribution in [1.29, 1.82) is 0 Å². The summed E-state index contributed by atoms with van der Waals surface area (Å²) in [5, 5.41) is 7.67. The third-order valence-corrected chi connectivity index (χ3v) is 3.80. The Labute approximate surface area is 95.7 Å². The van der Waals surface area contributed by atoms with E-state index in [1.54, 1.807) is 30.3 Å². The number of rotatable bonds is 5. The molecule has 0 bridgehead atoms. The molecule has 0 aliphatic heterocycles. The molecule has 1 rings (SSSR count). The number of ketones is 1. The number of carboxylic acid groups (broad SMARTS) is 1. The minimum absolute atomic E-state index is 0.371. The van der Waals surface area contributed by atoms with Gasteiger partial charge in [0.1, 0.15) is 11.0 Å². The maximum absolute atomic E-state index is 11.9. The molecule has 0 aromatic heterocycles. The maximum atomic E-state index is 11.9. The molecule has 0 radical (unpaired) electrons. The van der Waals surface area contributed by atoms with E-state index in [0.717, 1.165) is 0 Å². The molecule has 0 saturated carbocycles. The first kappa shape index (κ1) is 12.6. The van der Waals surface area contributed by atoms with Crippen molar-refractivity contribution in [2.75, 3.05) is 0 Å². The van der Waals surface area contributed by atoms with E-state index in [4.69, 9.17) is 5.11 Å². The van der Waals surface area contributed by atoms with Crippen LogP contribution >= 0.6 is 0 Å². The Hall–Kier alpha value is -1.49. The Morgan fingerprint density at radius 3 is 2.31 bits per heavy atom. The fourth-order valence-electron chi connectivity index (χ4n) is 1.25. The predicted octanol–water partition coefficient (Wildman–Crippen LogP) is 1.23. The third-order valence-electron chi connectivity index (χ3n) is 2.05. The minimum Gasteiger partial charge on any atom is -0.481 e. The molecule has 1 aromatic rings. The number of carboxylic acids is 1. The van der Waals surface area contributed by atoms with Crippen LogP contribution in [-0.2, 0) is 20.4 Å². The molecule has 2 unspecified atom stereocenters. The van der Waals surface area contributed by atoms with Crippen LogP contribution in [0.15, 0.2) is 35.2 Å². The van der Waals surface area contributed by atoms with Gasteiger partial charge in [0.15, 0.2) is 0 Å². The van der Waals surface area contributed by atoms with Crippen LogP contribution in [-0.4, -0.2) is 26.3 Å². The van der Waals surface area contributed by atoms with E-state index in [-0.39, 0.29) is 5.78 Å². The second-order valence-electron chi connectivity index (χ2n) is 3.31. The summed E-state index contributed by atoms with van der Waals surface area (Å²) in [7, 11) is -1.60. The van der Waals surface area contributed by atoms with Crippen LogP contribution < -0.4 is 0 Å². The van der Waals surface area contributed by atoms with Crippen LogP contribution in [0.25, 0.3) is 0 Å². The molecule has 16 heavy (non-hydrogen) atoms. The van der Waals surface area contributed by atoms with E-state index >= 15 is 0 Å². The Kier molecular flexibility index (Phi) is 4.37. The molecule has 1 N–H and O–H groups in total. The Balaban J connectivity index is 2.92. The van der Waals surface area contributed by atoms with Crippen LogP contribution in [0.1, 0.15) is 13.3 Å².